The number of hydrazone groups is 1. The molecule has 0 aliphatic carbocycles. The Labute approximate surface area is 217 Å². The van der Waals surface area contributed by atoms with E-state index in [2.05, 4.69) is 15.3 Å². The molecular weight excluding hydrogens is 498 g/mol. The van der Waals surface area contributed by atoms with E-state index in [9.17, 15) is 4.79 Å². The number of benzene rings is 2. The third kappa shape index (κ3) is 4.76. The predicted octanol–water partition coefficient (Wildman–Crippen LogP) is 5.69. The van der Waals surface area contributed by atoms with Crippen molar-refractivity contribution < 1.29 is 13.9 Å². The molecule has 0 unspecified atom stereocenters. The van der Waals surface area contributed by atoms with E-state index in [1.54, 1.807) is 13.4 Å². The molecule has 36 heavy (non-hydrogen) atoms. The number of furan rings is 1. The number of hydrogen-bond donors (Lipinski definition) is 0. The average molecular weight is 522 g/mol. The number of amides is 1. The van der Waals surface area contributed by atoms with Gasteiger partial charge in [-0.1, -0.05) is 47.6 Å². The van der Waals surface area contributed by atoms with E-state index in [1.165, 1.54) is 16.8 Å². The highest BCUT2D eigenvalue weighted by Gasteiger charge is 2.35. The average Bonchev–Trinajstić information content (AvgIpc) is 3.67. The van der Waals surface area contributed by atoms with Gasteiger partial charge in [-0.25, -0.2) is 5.01 Å². The molecule has 0 N–H and O–H groups in total. The zero-order valence-corrected chi connectivity index (χ0v) is 21.4. The Morgan fingerprint density at radius 2 is 1.94 bits per heavy atom. The number of ether oxygens (including phenoxy) is 1. The van der Waals surface area contributed by atoms with Crippen molar-refractivity contribution in [2.45, 2.75) is 31.1 Å². The fraction of sp³-hybridized carbons (Fsp3) is 0.231. The summed E-state index contributed by atoms with van der Waals surface area (Å²) in [5.74, 6) is 2.11. The van der Waals surface area contributed by atoms with Gasteiger partial charge in [0.1, 0.15) is 17.6 Å². The topological polar surface area (TPSA) is 85.8 Å². The first kappa shape index (κ1) is 24.1. The van der Waals surface area contributed by atoms with Crippen LogP contribution in [0, 0.1) is 0 Å². The molecular formula is C26H24ClN5O3S. The minimum absolute atomic E-state index is 0.144. The van der Waals surface area contributed by atoms with Gasteiger partial charge in [0.2, 0.25) is 0 Å². The van der Waals surface area contributed by atoms with Gasteiger partial charge in [-0.15, -0.1) is 10.2 Å². The zero-order chi connectivity index (χ0) is 25.1. The van der Waals surface area contributed by atoms with Crippen LogP contribution in [0.1, 0.15) is 30.7 Å². The van der Waals surface area contributed by atoms with Crippen molar-refractivity contribution in [3.63, 3.8) is 0 Å². The van der Waals surface area contributed by atoms with Gasteiger partial charge in [-0.05, 0) is 48.9 Å². The second kappa shape index (κ2) is 10.6. The third-order valence-corrected chi connectivity index (χ3v) is 7.12. The summed E-state index contributed by atoms with van der Waals surface area (Å²) < 4.78 is 13.1. The lowest BCUT2D eigenvalue weighted by Gasteiger charge is -2.19. The molecule has 0 spiro atoms. The summed E-state index contributed by atoms with van der Waals surface area (Å²) in [5, 5.41) is 16.3. The van der Waals surface area contributed by atoms with Crippen molar-refractivity contribution in [1.29, 1.82) is 0 Å². The molecule has 5 rings (SSSR count). The Bertz CT molecular complexity index is 1390. The van der Waals surface area contributed by atoms with E-state index in [-0.39, 0.29) is 17.7 Å². The van der Waals surface area contributed by atoms with E-state index < -0.39 is 0 Å². The van der Waals surface area contributed by atoms with Crippen LogP contribution in [-0.4, -0.2) is 44.3 Å². The summed E-state index contributed by atoms with van der Waals surface area (Å²) in [7, 11) is 1.63. The number of aromatic nitrogens is 3. The number of thioether (sulfide) groups is 1. The maximum Gasteiger partial charge on any atom is 0.253 e. The van der Waals surface area contributed by atoms with Gasteiger partial charge in [-0.2, -0.15) is 5.10 Å². The van der Waals surface area contributed by atoms with Gasteiger partial charge in [0, 0.05) is 18.0 Å². The Morgan fingerprint density at radius 1 is 1.14 bits per heavy atom. The van der Waals surface area contributed by atoms with Crippen LogP contribution in [0.25, 0.3) is 11.4 Å². The second-order valence-corrected chi connectivity index (χ2v) is 9.45. The van der Waals surface area contributed by atoms with Gasteiger partial charge < -0.3 is 13.7 Å². The number of carbonyl (C=O) groups excluding carboxylic acids is 1. The molecule has 10 heteroatoms. The zero-order valence-electron chi connectivity index (χ0n) is 19.8. The first-order valence-electron chi connectivity index (χ1n) is 11.5. The first-order valence-corrected chi connectivity index (χ1v) is 12.8. The van der Waals surface area contributed by atoms with Gasteiger partial charge in [-0.3, -0.25) is 4.79 Å². The molecule has 1 amide bonds. The quantitative estimate of drug-likeness (QED) is 0.277. The molecule has 4 aromatic rings. The van der Waals surface area contributed by atoms with Crippen LogP contribution in [0.4, 0.5) is 0 Å². The van der Waals surface area contributed by atoms with E-state index >= 15 is 0 Å². The summed E-state index contributed by atoms with van der Waals surface area (Å²) in [6.45, 7) is 2.67. The maximum atomic E-state index is 13.4. The lowest BCUT2D eigenvalue weighted by Crippen LogP contribution is -2.28. The SMILES string of the molecule is CCn1c(SCC(=O)N2N=C(c3ccc(Cl)cc3)C[C@H]2c2ccco2)nnc1-c1ccccc1OC. The number of halogens is 1. The van der Waals surface area contributed by atoms with E-state index in [1.807, 2.05) is 72.2 Å². The van der Waals surface area contributed by atoms with Gasteiger partial charge >= 0.3 is 0 Å². The summed E-state index contributed by atoms with van der Waals surface area (Å²) in [6, 6.07) is 18.5. The summed E-state index contributed by atoms with van der Waals surface area (Å²) in [5.41, 5.74) is 2.58. The maximum absolute atomic E-state index is 13.4. The molecule has 0 saturated heterocycles. The molecule has 0 bridgehead atoms. The number of methoxy groups -OCH3 is 1. The second-order valence-electron chi connectivity index (χ2n) is 8.07. The monoisotopic (exact) mass is 521 g/mol. The largest absolute Gasteiger partial charge is 0.496 e. The molecule has 184 valence electrons. The standard InChI is InChI=1S/C26H24ClN5O3S/c1-3-31-25(19-7-4-5-8-22(19)34-2)28-29-26(31)36-16-24(33)32-21(23-9-6-14-35-23)15-20(30-32)17-10-12-18(27)13-11-17/h4-14,21H,3,15-16H2,1-2H3/t21-/m0/s1. The van der Waals surface area contributed by atoms with Gasteiger partial charge in [0.15, 0.2) is 11.0 Å². The molecule has 2 aromatic carbocycles. The van der Waals surface area contributed by atoms with E-state index in [0.717, 1.165) is 22.6 Å². The first-order chi connectivity index (χ1) is 17.6. The summed E-state index contributed by atoms with van der Waals surface area (Å²) in [4.78, 5) is 13.4. The lowest BCUT2D eigenvalue weighted by atomic mass is 10.0. The number of nitrogens with zero attached hydrogens (tertiary/aromatic N) is 5. The molecule has 3 heterocycles. The molecule has 0 fully saturated rings. The third-order valence-electron chi connectivity index (χ3n) is 5.92. The van der Waals surface area contributed by atoms with Gasteiger partial charge in [0.05, 0.1) is 30.4 Å². The predicted molar refractivity (Wildman–Crippen MR) is 139 cm³/mol. The van der Waals surface area contributed by atoms with Crippen molar-refractivity contribution in [3.8, 4) is 17.1 Å². The molecule has 1 aliphatic rings. The number of para-hydroxylation sites is 1. The van der Waals surface area contributed by atoms with E-state index in [0.29, 0.717) is 34.7 Å². The fourth-order valence-electron chi connectivity index (χ4n) is 4.16. The minimum atomic E-state index is -0.313. The normalized spacial score (nSPS) is 15.2. The highest BCUT2D eigenvalue weighted by atomic mass is 35.5. The van der Waals surface area contributed by atoms with Crippen molar-refractivity contribution in [3.05, 3.63) is 83.3 Å². The van der Waals surface area contributed by atoms with Gasteiger partial charge in [0.25, 0.3) is 5.91 Å². The van der Waals surface area contributed by atoms with E-state index in [4.69, 9.17) is 20.8 Å². The summed E-state index contributed by atoms with van der Waals surface area (Å²) >= 11 is 7.38. The Hall–Kier alpha value is -3.56. The van der Waals surface area contributed by atoms with Crippen LogP contribution in [0.5, 0.6) is 5.75 Å². The highest BCUT2D eigenvalue weighted by Crippen LogP contribution is 2.35. The fourth-order valence-corrected chi connectivity index (χ4v) is 5.14. The van der Waals surface area contributed by atoms with Crippen molar-refractivity contribution in [2.75, 3.05) is 12.9 Å². The summed E-state index contributed by atoms with van der Waals surface area (Å²) in [6.07, 6.45) is 2.16. The van der Waals surface area contributed by atoms with Crippen LogP contribution >= 0.6 is 23.4 Å². The lowest BCUT2D eigenvalue weighted by molar-refractivity contribution is -0.130. The smallest absolute Gasteiger partial charge is 0.253 e. The molecule has 0 saturated carbocycles. The van der Waals surface area contributed by atoms with Crippen LogP contribution in [0.2, 0.25) is 5.02 Å². The Balaban J connectivity index is 1.37. The molecule has 8 nitrogen and oxygen atoms in total. The minimum Gasteiger partial charge on any atom is -0.496 e. The number of rotatable bonds is 8. The molecule has 1 atom stereocenters. The van der Waals surface area contributed by atoms with Crippen molar-refractivity contribution in [1.82, 2.24) is 19.8 Å². The highest BCUT2D eigenvalue weighted by molar-refractivity contribution is 7.99. The van der Waals surface area contributed by atoms with Crippen LogP contribution in [-0.2, 0) is 11.3 Å². The van der Waals surface area contributed by atoms with Crippen LogP contribution in [0.15, 0.2) is 81.6 Å². The van der Waals surface area contributed by atoms with Crippen LogP contribution < -0.4 is 4.74 Å². The van der Waals surface area contributed by atoms with Crippen LogP contribution in [0.3, 0.4) is 0 Å². The van der Waals surface area contributed by atoms with Crippen molar-refractivity contribution in [2.24, 2.45) is 5.10 Å². The molecule has 0 radical (unpaired) electrons. The Kier molecular flexibility index (Phi) is 7.11. The molecule has 2 aromatic heterocycles. The van der Waals surface area contributed by atoms with Crippen molar-refractivity contribution >= 4 is 35.0 Å². The molecule has 1 aliphatic heterocycles. The number of hydrogen-bond acceptors (Lipinski definition) is 7. The number of carbonyl (C=O) groups is 1. The Morgan fingerprint density at radius 3 is 2.67 bits per heavy atom.